The number of amides is 1. The van der Waals surface area contributed by atoms with Crippen LogP contribution in [0.3, 0.4) is 0 Å². The molecular weight excluding hydrogens is 334 g/mol. The number of hydrogen-bond donors (Lipinski definition) is 2. The van der Waals surface area contributed by atoms with Gasteiger partial charge < -0.3 is 19.9 Å². The Hall–Kier alpha value is -3.02. The number of nitrogens with one attached hydrogen (secondary N) is 1. The van der Waals surface area contributed by atoms with Crippen LogP contribution in [0, 0.1) is 5.92 Å². The lowest BCUT2D eigenvalue weighted by molar-refractivity contribution is -0.143. The molecule has 2 N–H and O–H groups in total. The van der Waals surface area contributed by atoms with Crippen LogP contribution in [0.2, 0.25) is 0 Å². The standard InChI is InChI=1S/C20H23NO5/c1-14(2)19(20(23)24)21-18(22)13-26-17-11-7-6-10-16(17)25-12-15-8-4-3-5-9-15/h3-11,14,19H,12-13H2,1-2H3,(H,21,22)(H,23,24). The van der Waals surface area contributed by atoms with Crippen LogP contribution in [0.1, 0.15) is 19.4 Å². The predicted octanol–water partition coefficient (Wildman–Crippen LogP) is 2.87. The first-order valence-corrected chi connectivity index (χ1v) is 8.38. The van der Waals surface area contributed by atoms with Crippen LogP contribution in [0.15, 0.2) is 54.6 Å². The van der Waals surface area contributed by atoms with Crippen LogP contribution < -0.4 is 14.8 Å². The van der Waals surface area contributed by atoms with Gasteiger partial charge in [-0.2, -0.15) is 0 Å². The molecule has 6 nitrogen and oxygen atoms in total. The Morgan fingerprint density at radius 1 is 0.962 bits per heavy atom. The van der Waals surface area contributed by atoms with Crippen molar-refractivity contribution in [2.75, 3.05) is 6.61 Å². The van der Waals surface area contributed by atoms with E-state index in [-0.39, 0.29) is 12.5 Å². The Labute approximate surface area is 152 Å². The maximum absolute atomic E-state index is 12.0. The number of carboxylic acid groups (broad SMARTS) is 1. The van der Waals surface area contributed by atoms with E-state index in [1.807, 2.05) is 36.4 Å². The monoisotopic (exact) mass is 357 g/mol. The van der Waals surface area contributed by atoms with Crippen molar-refractivity contribution in [3.05, 3.63) is 60.2 Å². The third-order valence-electron chi connectivity index (χ3n) is 3.69. The number of ether oxygens (including phenoxy) is 2. The van der Waals surface area contributed by atoms with Gasteiger partial charge in [0.05, 0.1) is 0 Å². The molecule has 6 heteroatoms. The zero-order valence-corrected chi connectivity index (χ0v) is 14.8. The van der Waals surface area contributed by atoms with E-state index < -0.39 is 17.9 Å². The summed E-state index contributed by atoms with van der Waals surface area (Å²) in [6.45, 7) is 3.54. The van der Waals surface area contributed by atoms with E-state index in [4.69, 9.17) is 14.6 Å². The van der Waals surface area contributed by atoms with Crippen LogP contribution in [-0.2, 0) is 16.2 Å². The van der Waals surface area contributed by atoms with E-state index in [0.717, 1.165) is 5.56 Å². The molecule has 0 spiro atoms. The maximum atomic E-state index is 12.0. The summed E-state index contributed by atoms with van der Waals surface area (Å²) in [7, 11) is 0. The zero-order chi connectivity index (χ0) is 18.9. The summed E-state index contributed by atoms with van der Waals surface area (Å²) in [6.07, 6.45) is 0. The Morgan fingerprint density at radius 3 is 2.12 bits per heavy atom. The van der Waals surface area contributed by atoms with Crippen LogP contribution in [0.25, 0.3) is 0 Å². The minimum absolute atomic E-state index is 0.224. The van der Waals surface area contributed by atoms with E-state index in [0.29, 0.717) is 18.1 Å². The highest BCUT2D eigenvalue weighted by molar-refractivity contribution is 5.84. The van der Waals surface area contributed by atoms with Gasteiger partial charge in [0, 0.05) is 0 Å². The van der Waals surface area contributed by atoms with Crippen molar-refractivity contribution in [3.8, 4) is 11.5 Å². The van der Waals surface area contributed by atoms with Gasteiger partial charge in [0.1, 0.15) is 12.6 Å². The Kier molecular flexibility index (Phi) is 7.02. The molecule has 1 amide bonds. The Bertz CT molecular complexity index is 730. The quantitative estimate of drug-likeness (QED) is 0.721. The number of benzene rings is 2. The third kappa shape index (κ3) is 5.81. The molecule has 0 heterocycles. The highest BCUT2D eigenvalue weighted by atomic mass is 16.5. The lowest BCUT2D eigenvalue weighted by Gasteiger charge is -2.18. The molecule has 0 aliphatic heterocycles. The highest BCUT2D eigenvalue weighted by Gasteiger charge is 2.23. The summed E-state index contributed by atoms with van der Waals surface area (Å²) in [4.78, 5) is 23.1. The van der Waals surface area contributed by atoms with Crippen molar-refractivity contribution in [1.29, 1.82) is 0 Å². The fourth-order valence-electron chi connectivity index (χ4n) is 2.30. The molecular formula is C20H23NO5. The molecule has 138 valence electrons. The molecule has 0 bridgehead atoms. The van der Waals surface area contributed by atoms with E-state index >= 15 is 0 Å². The second-order valence-corrected chi connectivity index (χ2v) is 6.14. The van der Waals surface area contributed by atoms with E-state index in [9.17, 15) is 9.59 Å². The van der Waals surface area contributed by atoms with E-state index in [2.05, 4.69) is 5.32 Å². The molecule has 1 unspecified atom stereocenters. The van der Waals surface area contributed by atoms with Gasteiger partial charge in [-0.15, -0.1) is 0 Å². The molecule has 0 fully saturated rings. The average Bonchev–Trinajstić information content (AvgIpc) is 2.63. The first-order valence-electron chi connectivity index (χ1n) is 8.38. The topological polar surface area (TPSA) is 84.9 Å². The fourth-order valence-corrected chi connectivity index (χ4v) is 2.30. The van der Waals surface area contributed by atoms with Gasteiger partial charge >= 0.3 is 5.97 Å². The molecule has 0 aromatic heterocycles. The molecule has 2 aromatic rings. The summed E-state index contributed by atoms with van der Waals surface area (Å²) in [5.74, 6) is -0.848. The van der Waals surface area contributed by atoms with Gasteiger partial charge in [-0.05, 0) is 23.6 Å². The van der Waals surface area contributed by atoms with E-state index in [1.165, 1.54) is 0 Å². The summed E-state index contributed by atoms with van der Waals surface area (Å²) in [5, 5.41) is 11.6. The average molecular weight is 357 g/mol. The summed E-state index contributed by atoms with van der Waals surface area (Å²) >= 11 is 0. The van der Waals surface area contributed by atoms with Gasteiger partial charge in [-0.25, -0.2) is 4.79 Å². The molecule has 2 aromatic carbocycles. The van der Waals surface area contributed by atoms with Crippen LogP contribution in [0.4, 0.5) is 0 Å². The van der Waals surface area contributed by atoms with Crippen molar-refractivity contribution in [2.24, 2.45) is 5.92 Å². The maximum Gasteiger partial charge on any atom is 0.326 e. The zero-order valence-electron chi connectivity index (χ0n) is 14.8. The number of rotatable bonds is 9. The lowest BCUT2D eigenvalue weighted by atomic mass is 10.1. The minimum Gasteiger partial charge on any atom is -0.485 e. The second-order valence-electron chi connectivity index (χ2n) is 6.14. The summed E-state index contributed by atoms with van der Waals surface area (Å²) < 4.78 is 11.3. The molecule has 0 aliphatic rings. The van der Waals surface area contributed by atoms with Crippen molar-refractivity contribution in [1.82, 2.24) is 5.32 Å². The van der Waals surface area contributed by atoms with Gasteiger partial charge in [0.25, 0.3) is 5.91 Å². The van der Waals surface area contributed by atoms with Crippen LogP contribution in [-0.4, -0.2) is 29.6 Å². The normalized spacial score (nSPS) is 11.7. The van der Waals surface area contributed by atoms with Crippen LogP contribution in [0.5, 0.6) is 11.5 Å². The van der Waals surface area contributed by atoms with Gasteiger partial charge in [0.2, 0.25) is 0 Å². The Balaban J connectivity index is 1.93. The highest BCUT2D eigenvalue weighted by Crippen LogP contribution is 2.27. The SMILES string of the molecule is CC(C)C(NC(=O)COc1ccccc1OCc1ccccc1)C(=O)O. The van der Waals surface area contributed by atoms with Crippen LogP contribution >= 0.6 is 0 Å². The third-order valence-corrected chi connectivity index (χ3v) is 3.69. The van der Waals surface area contributed by atoms with Gasteiger partial charge in [0.15, 0.2) is 18.1 Å². The number of carbonyl (C=O) groups is 2. The summed E-state index contributed by atoms with van der Waals surface area (Å²) in [6, 6.07) is 15.8. The molecule has 0 saturated heterocycles. The fraction of sp³-hybridized carbons (Fsp3) is 0.300. The molecule has 0 saturated carbocycles. The molecule has 2 rings (SSSR count). The largest absolute Gasteiger partial charge is 0.485 e. The van der Waals surface area contributed by atoms with Gasteiger partial charge in [-0.1, -0.05) is 56.3 Å². The number of aliphatic carboxylic acids is 1. The molecule has 0 radical (unpaired) electrons. The number of hydrogen-bond acceptors (Lipinski definition) is 4. The minimum atomic E-state index is -1.07. The second kappa shape index (κ2) is 9.46. The first kappa shape index (κ1) is 19.3. The molecule has 26 heavy (non-hydrogen) atoms. The summed E-state index contributed by atoms with van der Waals surface area (Å²) in [5.41, 5.74) is 1.02. The Morgan fingerprint density at radius 2 is 1.54 bits per heavy atom. The smallest absolute Gasteiger partial charge is 0.326 e. The lowest BCUT2D eigenvalue weighted by Crippen LogP contribution is -2.46. The molecule has 1 atom stereocenters. The predicted molar refractivity (Wildman–Crippen MR) is 97.1 cm³/mol. The van der Waals surface area contributed by atoms with Crippen molar-refractivity contribution in [2.45, 2.75) is 26.5 Å². The van der Waals surface area contributed by atoms with Crippen molar-refractivity contribution < 1.29 is 24.2 Å². The van der Waals surface area contributed by atoms with Crippen molar-refractivity contribution >= 4 is 11.9 Å². The first-order chi connectivity index (χ1) is 12.5. The molecule has 0 aliphatic carbocycles. The van der Waals surface area contributed by atoms with E-state index in [1.54, 1.807) is 32.0 Å². The number of carbonyl (C=O) groups excluding carboxylic acids is 1. The number of carboxylic acids is 1. The number of para-hydroxylation sites is 2. The van der Waals surface area contributed by atoms with Gasteiger partial charge in [-0.3, -0.25) is 4.79 Å². The van der Waals surface area contributed by atoms with Crippen molar-refractivity contribution in [3.63, 3.8) is 0 Å².